The predicted octanol–water partition coefficient (Wildman–Crippen LogP) is 2.81. The molecule has 2 aliphatic rings. The first kappa shape index (κ1) is 18.0. The van der Waals surface area contributed by atoms with Crippen molar-refractivity contribution in [3.63, 3.8) is 0 Å². The Morgan fingerprint density at radius 3 is 2.89 bits per heavy atom. The third-order valence-electron chi connectivity index (χ3n) is 5.94. The summed E-state index contributed by atoms with van der Waals surface area (Å²) in [5, 5.41) is 18.6. The van der Waals surface area contributed by atoms with Crippen molar-refractivity contribution in [1.82, 2.24) is 19.9 Å². The first-order valence-electron chi connectivity index (χ1n) is 9.19. The number of benzene rings is 1. The van der Waals surface area contributed by atoms with Gasteiger partial charge in [0.15, 0.2) is 5.69 Å². The summed E-state index contributed by atoms with van der Waals surface area (Å²) in [5.74, 6) is -1.01. The van der Waals surface area contributed by atoms with Crippen LogP contribution in [0.5, 0.6) is 0 Å². The quantitative estimate of drug-likeness (QED) is 0.870. The highest BCUT2D eigenvalue weighted by molar-refractivity contribution is 6.30. The highest BCUT2D eigenvalue weighted by atomic mass is 35.5. The molecule has 4 rings (SSSR count). The van der Waals surface area contributed by atoms with Gasteiger partial charge in [0.1, 0.15) is 0 Å². The number of amides is 1. The number of aromatic nitrogens is 3. The minimum Gasteiger partial charge on any atom is -0.481 e. The van der Waals surface area contributed by atoms with Crippen LogP contribution in [0.25, 0.3) is 5.69 Å². The van der Waals surface area contributed by atoms with Gasteiger partial charge in [0, 0.05) is 18.1 Å². The molecule has 1 N–H and O–H groups in total. The van der Waals surface area contributed by atoms with Gasteiger partial charge in [-0.3, -0.25) is 9.59 Å². The van der Waals surface area contributed by atoms with Crippen molar-refractivity contribution < 1.29 is 14.7 Å². The Labute approximate surface area is 161 Å². The van der Waals surface area contributed by atoms with Crippen LogP contribution in [-0.2, 0) is 11.2 Å². The molecule has 2 fully saturated rings. The fraction of sp³-hybridized carbons (Fsp3) is 0.474. The highest BCUT2D eigenvalue weighted by Gasteiger charge is 2.56. The lowest BCUT2D eigenvalue weighted by Gasteiger charge is -2.23. The fourth-order valence-electron chi connectivity index (χ4n) is 4.54. The second-order valence-electron chi connectivity index (χ2n) is 7.37. The first-order valence-corrected chi connectivity index (χ1v) is 9.57. The van der Waals surface area contributed by atoms with Crippen LogP contribution in [0, 0.1) is 11.3 Å². The molecule has 0 unspecified atom stereocenters. The van der Waals surface area contributed by atoms with Gasteiger partial charge in [-0.2, -0.15) is 0 Å². The molecular formula is C19H21ClN4O3. The number of carbonyl (C=O) groups is 2. The van der Waals surface area contributed by atoms with Crippen molar-refractivity contribution in [3.8, 4) is 5.69 Å². The van der Waals surface area contributed by atoms with E-state index in [4.69, 9.17) is 11.6 Å². The average Bonchev–Trinajstić information content (AvgIpc) is 3.32. The van der Waals surface area contributed by atoms with Crippen LogP contribution >= 0.6 is 11.6 Å². The topological polar surface area (TPSA) is 88.3 Å². The molecule has 0 spiro atoms. The second-order valence-corrected chi connectivity index (χ2v) is 7.80. The molecule has 2 heterocycles. The Balaban J connectivity index is 1.65. The van der Waals surface area contributed by atoms with Gasteiger partial charge >= 0.3 is 5.97 Å². The zero-order valence-electron chi connectivity index (χ0n) is 15.1. The van der Waals surface area contributed by atoms with Crippen LogP contribution in [0.15, 0.2) is 24.3 Å². The molecule has 0 radical (unpaired) electrons. The molecule has 0 bridgehead atoms. The Hall–Kier alpha value is -2.41. The van der Waals surface area contributed by atoms with E-state index in [9.17, 15) is 14.7 Å². The van der Waals surface area contributed by atoms with Crippen molar-refractivity contribution >= 4 is 23.5 Å². The maximum Gasteiger partial charge on any atom is 0.311 e. The van der Waals surface area contributed by atoms with Gasteiger partial charge in [0.25, 0.3) is 5.91 Å². The minimum absolute atomic E-state index is 0.0204. The van der Waals surface area contributed by atoms with E-state index in [0.29, 0.717) is 30.1 Å². The van der Waals surface area contributed by atoms with Crippen LogP contribution in [0.3, 0.4) is 0 Å². The molecule has 1 aromatic carbocycles. The molecule has 2 aromatic rings. The SMILES string of the molecule is CCc1c(C(=O)N2C[C@@H]3CCC[C@@]3(C(=O)O)C2)nnn1-c1cccc(Cl)c1. The normalized spacial score (nSPS) is 24.2. The van der Waals surface area contributed by atoms with Crippen LogP contribution < -0.4 is 0 Å². The van der Waals surface area contributed by atoms with Crippen molar-refractivity contribution in [2.75, 3.05) is 13.1 Å². The summed E-state index contributed by atoms with van der Waals surface area (Å²) in [6.07, 6.45) is 2.96. The number of hydrogen-bond donors (Lipinski definition) is 1. The van der Waals surface area contributed by atoms with Gasteiger partial charge in [-0.05, 0) is 43.4 Å². The van der Waals surface area contributed by atoms with Gasteiger partial charge in [-0.25, -0.2) is 4.68 Å². The zero-order valence-corrected chi connectivity index (χ0v) is 15.8. The van der Waals surface area contributed by atoms with E-state index >= 15 is 0 Å². The standard InChI is InChI=1S/C19H21ClN4O3/c1-2-15-16(21-22-24(15)14-7-3-6-13(20)9-14)17(25)23-10-12-5-4-8-19(12,11-23)18(26)27/h3,6-7,9,12H,2,4-5,8,10-11H2,1H3,(H,26,27)/t12-,19+/m0/s1. The van der Waals surface area contributed by atoms with Crippen molar-refractivity contribution in [2.24, 2.45) is 11.3 Å². The maximum atomic E-state index is 13.1. The lowest BCUT2D eigenvalue weighted by molar-refractivity contribution is -0.149. The number of halogens is 1. The van der Waals surface area contributed by atoms with Crippen LogP contribution in [0.4, 0.5) is 0 Å². The highest BCUT2D eigenvalue weighted by Crippen LogP contribution is 2.49. The van der Waals surface area contributed by atoms with Crippen molar-refractivity contribution in [2.45, 2.75) is 32.6 Å². The first-order chi connectivity index (χ1) is 13.0. The summed E-state index contributed by atoms with van der Waals surface area (Å²) in [6.45, 7) is 2.66. The third kappa shape index (κ3) is 2.81. The van der Waals surface area contributed by atoms with Crippen LogP contribution in [0.1, 0.15) is 42.4 Å². The van der Waals surface area contributed by atoms with E-state index in [1.807, 2.05) is 19.1 Å². The Kier molecular flexibility index (Phi) is 4.42. The van der Waals surface area contributed by atoms with Crippen LogP contribution in [-0.4, -0.2) is 50.0 Å². The number of likely N-dealkylation sites (tertiary alicyclic amines) is 1. The number of nitrogens with zero attached hydrogens (tertiary/aromatic N) is 4. The Morgan fingerprint density at radius 2 is 2.22 bits per heavy atom. The van der Waals surface area contributed by atoms with Gasteiger partial charge in [-0.1, -0.05) is 36.2 Å². The third-order valence-corrected chi connectivity index (χ3v) is 6.17. The van der Waals surface area contributed by atoms with E-state index in [-0.39, 0.29) is 24.1 Å². The zero-order chi connectivity index (χ0) is 19.2. The van der Waals surface area contributed by atoms with E-state index in [2.05, 4.69) is 10.3 Å². The molecule has 1 amide bonds. The molecular weight excluding hydrogens is 368 g/mol. The molecule has 2 atom stereocenters. The number of carboxylic acid groups (broad SMARTS) is 1. The lowest BCUT2D eigenvalue weighted by atomic mass is 9.81. The maximum absolute atomic E-state index is 13.1. The minimum atomic E-state index is -0.801. The fourth-order valence-corrected chi connectivity index (χ4v) is 4.73. The number of rotatable bonds is 4. The lowest BCUT2D eigenvalue weighted by Crippen LogP contribution is -2.37. The molecule has 7 nitrogen and oxygen atoms in total. The smallest absolute Gasteiger partial charge is 0.311 e. The number of fused-ring (bicyclic) bond motifs is 1. The second kappa shape index (κ2) is 6.64. The summed E-state index contributed by atoms with van der Waals surface area (Å²) >= 11 is 6.07. The molecule has 27 heavy (non-hydrogen) atoms. The van der Waals surface area contributed by atoms with E-state index in [0.717, 1.165) is 18.5 Å². The molecule has 1 aliphatic carbocycles. The molecule has 1 saturated carbocycles. The summed E-state index contributed by atoms with van der Waals surface area (Å²) in [4.78, 5) is 26.6. The largest absolute Gasteiger partial charge is 0.481 e. The van der Waals surface area contributed by atoms with Gasteiger partial charge < -0.3 is 10.0 Å². The van der Waals surface area contributed by atoms with Crippen molar-refractivity contribution in [3.05, 3.63) is 40.7 Å². The molecule has 142 valence electrons. The summed E-state index contributed by atoms with van der Waals surface area (Å²) in [6, 6.07) is 7.21. The summed E-state index contributed by atoms with van der Waals surface area (Å²) in [7, 11) is 0. The summed E-state index contributed by atoms with van der Waals surface area (Å²) in [5.41, 5.74) is 0.929. The van der Waals surface area contributed by atoms with E-state index in [1.54, 1.807) is 21.7 Å². The predicted molar refractivity (Wildman–Crippen MR) is 99.1 cm³/mol. The van der Waals surface area contributed by atoms with Gasteiger partial charge in [0.2, 0.25) is 0 Å². The number of carbonyl (C=O) groups excluding carboxylic acids is 1. The van der Waals surface area contributed by atoms with Gasteiger partial charge in [-0.15, -0.1) is 5.10 Å². The monoisotopic (exact) mass is 388 g/mol. The van der Waals surface area contributed by atoms with Gasteiger partial charge in [0.05, 0.1) is 16.8 Å². The van der Waals surface area contributed by atoms with Crippen LogP contribution in [0.2, 0.25) is 5.02 Å². The molecule has 8 heteroatoms. The number of carboxylic acids is 1. The molecule has 1 aliphatic heterocycles. The Morgan fingerprint density at radius 1 is 1.41 bits per heavy atom. The number of hydrogen-bond acceptors (Lipinski definition) is 4. The molecule has 1 saturated heterocycles. The average molecular weight is 389 g/mol. The Bertz CT molecular complexity index is 912. The summed E-state index contributed by atoms with van der Waals surface area (Å²) < 4.78 is 1.63. The van der Waals surface area contributed by atoms with E-state index in [1.165, 1.54) is 0 Å². The van der Waals surface area contributed by atoms with E-state index < -0.39 is 11.4 Å². The van der Waals surface area contributed by atoms with Crippen molar-refractivity contribution in [1.29, 1.82) is 0 Å². The molecule has 1 aromatic heterocycles. The number of aliphatic carboxylic acids is 1.